The highest BCUT2D eigenvalue weighted by Crippen LogP contribution is 2.30. The van der Waals surface area contributed by atoms with Gasteiger partial charge in [0.2, 0.25) is 0 Å². The van der Waals surface area contributed by atoms with Crippen LogP contribution in [0.25, 0.3) is 0 Å². The predicted molar refractivity (Wildman–Crippen MR) is 78.1 cm³/mol. The maximum atomic E-state index is 10.7. The van der Waals surface area contributed by atoms with Gasteiger partial charge in [-0.1, -0.05) is 6.07 Å². The first kappa shape index (κ1) is 16.6. The van der Waals surface area contributed by atoms with E-state index in [1.165, 1.54) is 0 Å². The molecule has 0 unspecified atom stereocenters. The monoisotopic (exact) mass is 301 g/mol. The van der Waals surface area contributed by atoms with Crippen LogP contribution in [0, 0.1) is 0 Å². The normalized spacial score (nSPS) is 15.2. The van der Waals surface area contributed by atoms with Crippen molar-refractivity contribution in [3.8, 4) is 11.5 Å². The van der Waals surface area contributed by atoms with E-state index >= 15 is 0 Å². The molecule has 1 heterocycles. The number of carbonyl (C=O) groups is 1. The largest absolute Gasteiger partial charge is 0.493 e. The van der Waals surface area contributed by atoms with Gasteiger partial charge in [0.15, 0.2) is 11.5 Å². The van der Waals surface area contributed by atoms with Crippen LogP contribution in [0.15, 0.2) is 18.2 Å². The molecule has 1 aromatic rings. The van der Waals surface area contributed by atoms with Crippen molar-refractivity contribution in [1.29, 1.82) is 0 Å². The number of methoxy groups -OCH3 is 1. The van der Waals surface area contributed by atoms with Gasteiger partial charge in [-0.2, -0.15) is 0 Å². The minimum Gasteiger partial charge on any atom is -0.493 e. The minimum atomic E-state index is -0.853. The summed E-state index contributed by atoms with van der Waals surface area (Å²) in [4.78, 5) is 10.7. The van der Waals surface area contributed by atoms with Crippen molar-refractivity contribution in [2.75, 3.05) is 20.2 Å². The predicted octanol–water partition coefficient (Wildman–Crippen LogP) is 1.87. The zero-order valence-corrected chi connectivity index (χ0v) is 12.2. The third-order valence-corrected chi connectivity index (χ3v) is 3.16. The molecule has 0 saturated carbocycles. The summed E-state index contributed by atoms with van der Waals surface area (Å²) in [5, 5.41) is 12.1. The molecular weight excluding hydrogens is 282 g/mol. The molecule has 5 nitrogen and oxygen atoms in total. The van der Waals surface area contributed by atoms with Gasteiger partial charge in [0, 0.05) is 0 Å². The van der Waals surface area contributed by atoms with Crippen LogP contribution in [0.2, 0.25) is 0 Å². The summed E-state index contributed by atoms with van der Waals surface area (Å²) < 4.78 is 11.2. The van der Waals surface area contributed by atoms with Crippen LogP contribution < -0.4 is 14.8 Å². The summed E-state index contributed by atoms with van der Waals surface area (Å²) in [6, 6.07) is 5.29. The fraction of sp³-hybridized carbons (Fsp3) is 0.500. The molecular formula is C14H20ClNO4. The van der Waals surface area contributed by atoms with Crippen LogP contribution in [0.5, 0.6) is 11.5 Å². The third-order valence-electron chi connectivity index (χ3n) is 3.16. The fourth-order valence-electron chi connectivity index (χ4n) is 2.19. The quantitative estimate of drug-likeness (QED) is 0.869. The number of aliphatic carboxylic acids is 1. The number of hydrogen-bond acceptors (Lipinski definition) is 4. The molecule has 6 heteroatoms. The Morgan fingerprint density at radius 2 is 2.05 bits per heavy atom. The molecule has 0 spiro atoms. The first-order valence-corrected chi connectivity index (χ1v) is 6.45. The van der Waals surface area contributed by atoms with Crippen LogP contribution in [-0.2, 0) is 11.2 Å². The van der Waals surface area contributed by atoms with E-state index in [0.29, 0.717) is 17.1 Å². The topological polar surface area (TPSA) is 67.8 Å². The fourth-order valence-corrected chi connectivity index (χ4v) is 2.19. The average Bonchev–Trinajstić information content (AvgIpc) is 2.41. The van der Waals surface area contributed by atoms with Crippen molar-refractivity contribution in [3.05, 3.63) is 23.8 Å². The molecule has 20 heavy (non-hydrogen) atoms. The lowest BCUT2D eigenvalue weighted by Crippen LogP contribution is -2.34. The van der Waals surface area contributed by atoms with E-state index in [9.17, 15) is 4.79 Å². The molecule has 0 aliphatic carbocycles. The second kappa shape index (κ2) is 7.97. The van der Waals surface area contributed by atoms with Gasteiger partial charge in [0.25, 0.3) is 0 Å². The zero-order chi connectivity index (χ0) is 13.7. The summed E-state index contributed by atoms with van der Waals surface area (Å²) in [5.41, 5.74) is 0.710. The SMILES string of the molecule is COc1cc(CC(=O)O)ccc1OC1CCNCC1.Cl. The van der Waals surface area contributed by atoms with Crippen LogP contribution in [0.4, 0.5) is 0 Å². The van der Waals surface area contributed by atoms with Crippen LogP contribution >= 0.6 is 12.4 Å². The Bertz CT molecular complexity index is 447. The van der Waals surface area contributed by atoms with Crippen molar-refractivity contribution < 1.29 is 19.4 Å². The Morgan fingerprint density at radius 3 is 2.65 bits per heavy atom. The highest BCUT2D eigenvalue weighted by molar-refractivity contribution is 5.85. The van der Waals surface area contributed by atoms with E-state index in [4.69, 9.17) is 14.6 Å². The van der Waals surface area contributed by atoms with Gasteiger partial charge >= 0.3 is 5.97 Å². The first-order chi connectivity index (χ1) is 9.19. The Balaban J connectivity index is 0.00000200. The van der Waals surface area contributed by atoms with Crippen LogP contribution in [0.1, 0.15) is 18.4 Å². The Hall–Kier alpha value is -1.46. The molecule has 1 aromatic carbocycles. The number of benzene rings is 1. The van der Waals surface area contributed by atoms with Crippen molar-refractivity contribution in [2.24, 2.45) is 0 Å². The third kappa shape index (κ3) is 4.58. The second-order valence-electron chi connectivity index (χ2n) is 4.62. The highest BCUT2D eigenvalue weighted by atomic mass is 35.5. The number of ether oxygens (including phenoxy) is 2. The molecule has 2 rings (SSSR count). The van der Waals surface area contributed by atoms with E-state index in [-0.39, 0.29) is 24.9 Å². The van der Waals surface area contributed by atoms with Gasteiger partial charge < -0.3 is 19.9 Å². The molecule has 1 saturated heterocycles. The number of piperidine rings is 1. The van der Waals surface area contributed by atoms with Gasteiger partial charge in [-0.15, -0.1) is 12.4 Å². The van der Waals surface area contributed by atoms with Gasteiger partial charge in [0.1, 0.15) is 6.10 Å². The Morgan fingerprint density at radius 1 is 1.35 bits per heavy atom. The van der Waals surface area contributed by atoms with Crippen LogP contribution in [-0.4, -0.2) is 37.4 Å². The Labute approximate surface area is 124 Å². The summed E-state index contributed by atoms with van der Waals surface area (Å²) in [5.74, 6) is 0.426. The van der Waals surface area contributed by atoms with Gasteiger partial charge in [-0.05, 0) is 43.6 Å². The first-order valence-electron chi connectivity index (χ1n) is 6.45. The average molecular weight is 302 g/mol. The molecule has 1 aliphatic rings. The summed E-state index contributed by atoms with van der Waals surface area (Å²) in [6.07, 6.45) is 2.13. The summed E-state index contributed by atoms with van der Waals surface area (Å²) in [7, 11) is 1.56. The van der Waals surface area contributed by atoms with Crippen molar-refractivity contribution >= 4 is 18.4 Å². The van der Waals surface area contributed by atoms with Gasteiger partial charge in [-0.25, -0.2) is 0 Å². The van der Waals surface area contributed by atoms with E-state index < -0.39 is 5.97 Å². The molecule has 2 N–H and O–H groups in total. The molecule has 0 bridgehead atoms. The lowest BCUT2D eigenvalue weighted by Gasteiger charge is -2.24. The molecule has 0 radical (unpaired) electrons. The van der Waals surface area contributed by atoms with E-state index in [0.717, 1.165) is 25.9 Å². The zero-order valence-electron chi connectivity index (χ0n) is 11.4. The van der Waals surface area contributed by atoms with Gasteiger partial charge in [-0.3, -0.25) is 4.79 Å². The second-order valence-corrected chi connectivity index (χ2v) is 4.62. The smallest absolute Gasteiger partial charge is 0.307 e. The molecule has 0 amide bonds. The number of halogens is 1. The van der Waals surface area contributed by atoms with E-state index in [2.05, 4.69) is 5.32 Å². The maximum Gasteiger partial charge on any atom is 0.307 e. The maximum absolute atomic E-state index is 10.7. The van der Waals surface area contributed by atoms with E-state index in [1.807, 2.05) is 0 Å². The van der Waals surface area contributed by atoms with Crippen molar-refractivity contribution in [2.45, 2.75) is 25.4 Å². The Kier molecular flexibility index (Phi) is 6.61. The number of nitrogens with one attached hydrogen (secondary N) is 1. The number of carboxylic acid groups (broad SMARTS) is 1. The lowest BCUT2D eigenvalue weighted by molar-refractivity contribution is -0.136. The number of carboxylic acids is 1. The molecule has 0 aromatic heterocycles. The van der Waals surface area contributed by atoms with E-state index in [1.54, 1.807) is 25.3 Å². The molecule has 0 atom stereocenters. The summed E-state index contributed by atoms with van der Waals surface area (Å²) >= 11 is 0. The number of rotatable bonds is 5. The minimum absolute atomic E-state index is 0. The van der Waals surface area contributed by atoms with Gasteiger partial charge in [0.05, 0.1) is 13.5 Å². The highest BCUT2D eigenvalue weighted by Gasteiger charge is 2.17. The number of hydrogen-bond donors (Lipinski definition) is 2. The molecule has 1 fully saturated rings. The van der Waals surface area contributed by atoms with Crippen molar-refractivity contribution in [1.82, 2.24) is 5.32 Å². The molecule has 112 valence electrons. The van der Waals surface area contributed by atoms with Crippen LogP contribution in [0.3, 0.4) is 0 Å². The lowest BCUT2D eigenvalue weighted by atomic mass is 10.1. The molecule has 1 aliphatic heterocycles. The van der Waals surface area contributed by atoms with Crippen molar-refractivity contribution in [3.63, 3.8) is 0 Å². The standard InChI is InChI=1S/C14H19NO4.ClH/c1-18-13-8-10(9-14(16)17)2-3-12(13)19-11-4-6-15-7-5-11;/h2-3,8,11,15H,4-7,9H2,1H3,(H,16,17);1H. The summed E-state index contributed by atoms with van der Waals surface area (Å²) in [6.45, 7) is 1.92.